The summed E-state index contributed by atoms with van der Waals surface area (Å²) in [5.41, 5.74) is 4.88. The highest BCUT2D eigenvalue weighted by Gasteiger charge is 2.26. The van der Waals surface area contributed by atoms with Gasteiger partial charge in [0.05, 0.1) is 18.0 Å². The lowest BCUT2D eigenvalue weighted by Gasteiger charge is -2.13. The highest BCUT2D eigenvalue weighted by atomic mass is 16.5. The lowest BCUT2D eigenvalue weighted by atomic mass is 10.0. The van der Waals surface area contributed by atoms with Crippen LogP contribution in [0.2, 0.25) is 0 Å². The van der Waals surface area contributed by atoms with Crippen molar-refractivity contribution in [2.75, 3.05) is 11.9 Å². The van der Waals surface area contributed by atoms with Crippen molar-refractivity contribution in [3.05, 3.63) is 95.2 Å². The largest absolute Gasteiger partial charge is 0.507 e. The molecule has 0 saturated heterocycles. The van der Waals surface area contributed by atoms with Crippen LogP contribution in [0.15, 0.2) is 72.8 Å². The van der Waals surface area contributed by atoms with Gasteiger partial charge in [-0.25, -0.2) is 4.79 Å². The van der Waals surface area contributed by atoms with E-state index in [0.29, 0.717) is 41.4 Å². The first-order valence-corrected chi connectivity index (χ1v) is 13.7. The van der Waals surface area contributed by atoms with Crippen molar-refractivity contribution in [2.45, 2.75) is 52.0 Å². The molecule has 0 unspecified atom stereocenters. The molecule has 0 bridgehead atoms. The Morgan fingerprint density at radius 2 is 1.77 bits per heavy atom. The van der Waals surface area contributed by atoms with Gasteiger partial charge in [0.25, 0.3) is 5.91 Å². The molecule has 1 fully saturated rings. The summed E-state index contributed by atoms with van der Waals surface area (Å²) >= 11 is 0. The molecule has 8 heteroatoms. The minimum atomic E-state index is -0.309. The molecule has 0 spiro atoms. The number of phenolic OH excluding ortho intramolecular Hbond substituents is 1. The Morgan fingerprint density at radius 1 is 1.02 bits per heavy atom. The fourth-order valence-corrected chi connectivity index (χ4v) is 5.15. The number of benzene rings is 3. The molecule has 1 heterocycles. The molecular weight excluding hydrogens is 504 g/mol. The molecule has 3 N–H and O–H groups in total. The van der Waals surface area contributed by atoms with E-state index in [-0.39, 0.29) is 23.6 Å². The number of nitrogens with zero attached hydrogens (tertiary/aromatic N) is 2. The van der Waals surface area contributed by atoms with Crippen LogP contribution < -0.4 is 15.4 Å². The predicted molar refractivity (Wildman–Crippen MR) is 155 cm³/mol. The van der Waals surface area contributed by atoms with Gasteiger partial charge in [0, 0.05) is 29.3 Å². The number of carbonyl (C=O) groups is 2. The van der Waals surface area contributed by atoms with Crippen LogP contribution in [-0.2, 0) is 6.54 Å². The number of nitrogens with one attached hydrogen (secondary N) is 2. The first kappa shape index (κ1) is 27.0. The second-order valence-electron chi connectivity index (χ2n) is 10.1. The minimum absolute atomic E-state index is 0.0157. The summed E-state index contributed by atoms with van der Waals surface area (Å²) in [5, 5.41) is 21.3. The summed E-state index contributed by atoms with van der Waals surface area (Å²) in [6.45, 7) is 4.86. The number of hydrogen-bond acceptors (Lipinski definition) is 5. The third-order valence-corrected chi connectivity index (χ3v) is 7.35. The van der Waals surface area contributed by atoms with Gasteiger partial charge < -0.3 is 20.5 Å². The van der Waals surface area contributed by atoms with Crippen LogP contribution in [0.25, 0.3) is 11.3 Å². The van der Waals surface area contributed by atoms with E-state index in [1.165, 1.54) is 10.7 Å². The Hall–Kier alpha value is -4.59. The average molecular weight is 539 g/mol. The Bertz CT molecular complexity index is 1500. The first-order valence-electron chi connectivity index (χ1n) is 13.7. The zero-order valence-corrected chi connectivity index (χ0v) is 22.8. The van der Waals surface area contributed by atoms with Crippen LogP contribution in [0.1, 0.15) is 65.7 Å². The fourth-order valence-electron chi connectivity index (χ4n) is 5.15. The second kappa shape index (κ2) is 12.1. The van der Waals surface area contributed by atoms with E-state index in [4.69, 9.17) is 4.74 Å². The maximum absolute atomic E-state index is 13.3. The number of anilines is 1. The van der Waals surface area contributed by atoms with Gasteiger partial charge in [0.2, 0.25) is 0 Å². The van der Waals surface area contributed by atoms with E-state index in [9.17, 15) is 14.7 Å². The average Bonchev–Trinajstić information content (AvgIpc) is 3.65. The molecule has 0 radical (unpaired) electrons. The van der Waals surface area contributed by atoms with Gasteiger partial charge in [-0.3, -0.25) is 4.79 Å². The highest BCUT2D eigenvalue weighted by Crippen LogP contribution is 2.38. The number of amides is 2. The maximum atomic E-state index is 13.3. The maximum Gasteiger partial charge on any atom is 0.342 e. The third kappa shape index (κ3) is 6.01. The summed E-state index contributed by atoms with van der Waals surface area (Å²) in [5.74, 6) is 0.646. The Kier molecular flexibility index (Phi) is 8.15. The number of hydrogen-bond donors (Lipinski definition) is 3. The highest BCUT2D eigenvalue weighted by molar-refractivity contribution is 6.04. The molecule has 40 heavy (non-hydrogen) atoms. The summed E-state index contributed by atoms with van der Waals surface area (Å²) in [4.78, 5) is 26.2. The summed E-state index contributed by atoms with van der Waals surface area (Å²) in [6, 6.07) is 21.3. The molecule has 5 rings (SSSR count). The van der Waals surface area contributed by atoms with Gasteiger partial charge in [0.15, 0.2) is 0 Å². The van der Waals surface area contributed by atoms with Gasteiger partial charge in [-0.2, -0.15) is 9.78 Å². The van der Waals surface area contributed by atoms with Crippen molar-refractivity contribution in [1.82, 2.24) is 15.1 Å². The molecule has 0 aliphatic heterocycles. The molecule has 2 amide bonds. The zero-order chi connectivity index (χ0) is 28.1. The van der Waals surface area contributed by atoms with E-state index >= 15 is 0 Å². The predicted octanol–water partition coefficient (Wildman–Crippen LogP) is 6.63. The van der Waals surface area contributed by atoms with Gasteiger partial charge in [0.1, 0.15) is 11.5 Å². The zero-order valence-electron chi connectivity index (χ0n) is 22.8. The van der Waals surface area contributed by atoms with E-state index < -0.39 is 0 Å². The number of rotatable bonds is 8. The molecule has 1 aliphatic rings. The fraction of sp³-hybridized carbons (Fsp3) is 0.281. The van der Waals surface area contributed by atoms with Crippen molar-refractivity contribution in [3.63, 3.8) is 0 Å². The monoisotopic (exact) mass is 538 g/mol. The lowest BCUT2D eigenvalue weighted by Crippen LogP contribution is -2.31. The summed E-state index contributed by atoms with van der Waals surface area (Å²) in [7, 11) is 0. The van der Waals surface area contributed by atoms with Crippen molar-refractivity contribution in [2.24, 2.45) is 0 Å². The molecule has 1 aromatic heterocycles. The van der Waals surface area contributed by atoms with Gasteiger partial charge in [-0.15, -0.1) is 0 Å². The van der Waals surface area contributed by atoms with Crippen molar-refractivity contribution < 1.29 is 19.4 Å². The number of ether oxygens (including phenoxy) is 1. The van der Waals surface area contributed by atoms with Crippen LogP contribution in [0.3, 0.4) is 0 Å². The van der Waals surface area contributed by atoms with Crippen LogP contribution in [0.5, 0.6) is 11.5 Å². The SMILES string of the molecule is CCOc1ccc(C(=O)Nc2ccc(O)c(-c3cc(C4CCCC4)n(C(=O)NCc4ccccc4C)n3)c2)cc1. The van der Waals surface area contributed by atoms with Gasteiger partial charge >= 0.3 is 6.03 Å². The molecule has 206 valence electrons. The van der Waals surface area contributed by atoms with E-state index in [0.717, 1.165) is 42.5 Å². The number of aryl methyl sites for hydroxylation is 1. The lowest BCUT2D eigenvalue weighted by molar-refractivity contribution is 0.102. The van der Waals surface area contributed by atoms with E-state index in [1.54, 1.807) is 36.4 Å². The van der Waals surface area contributed by atoms with Crippen LogP contribution >= 0.6 is 0 Å². The third-order valence-electron chi connectivity index (χ3n) is 7.35. The van der Waals surface area contributed by atoms with E-state index in [1.807, 2.05) is 44.2 Å². The molecular formula is C32H34N4O4. The Labute approximate surface area is 234 Å². The van der Waals surface area contributed by atoms with Crippen LogP contribution in [0.4, 0.5) is 10.5 Å². The number of carbonyl (C=O) groups excluding carboxylic acids is 2. The topological polar surface area (TPSA) is 105 Å². The first-order chi connectivity index (χ1) is 19.4. The van der Waals surface area contributed by atoms with Gasteiger partial charge in [-0.1, -0.05) is 37.1 Å². The summed E-state index contributed by atoms with van der Waals surface area (Å²) in [6.07, 6.45) is 4.18. The number of aromatic hydroxyl groups is 1. The molecule has 0 atom stereocenters. The van der Waals surface area contributed by atoms with Crippen molar-refractivity contribution in [3.8, 4) is 22.8 Å². The van der Waals surface area contributed by atoms with Crippen LogP contribution in [0, 0.1) is 6.92 Å². The Morgan fingerprint density at radius 3 is 2.50 bits per heavy atom. The minimum Gasteiger partial charge on any atom is -0.507 e. The van der Waals surface area contributed by atoms with Gasteiger partial charge in [-0.05, 0) is 86.3 Å². The number of phenols is 1. The second-order valence-corrected chi connectivity index (χ2v) is 10.1. The molecule has 1 aliphatic carbocycles. The quantitative estimate of drug-likeness (QED) is 0.218. The molecule has 4 aromatic rings. The van der Waals surface area contributed by atoms with Crippen molar-refractivity contribution in [1.29, 1.82) is 0 Å². The van der Waals surface area contributed by atoms with E-state index in [2.05, 4.69) is 15.7 Å². The molecule has 8 nitrogen and oxygen atoms in total. The van der Waals surface area contributed by atoms with Crippen molar-refractivity contribution >= 4 is 17.6 Å². The smallest absolute Gasteiger partial charge is 0.342 e. The normalized spacial score (nSPS) is 13.2. The molecule has 1 saturated carbocycles. The number of aromatic nitrogens is 2. The van der Waals surface area contributed by atoms with Crippen LogP contribution in [-0.4, -0.2) is 33.4 Å². The Balaban J connectivity index is 1.39. The standard InChI is InChI=1S/C32H34N4O4/c1-3-40-26-15-12-23(13-16-26)31(38)34-25-14-17-30(37)27(18-25)28-19-29(22-9-6-7-10-22)36(35-28)32(39)33-20-24-11-5-4-8-21(24)2/h4-5,8,11-19,22,37H,3,6-7,9-10,20H2,1-2H3,(H,33,39)(H,34,38). The summed E-state index contributed by atoms with van der Waals surface area (Å²) < 4.78 is 6.89. The molecule has 3 aromatic carbocycles.